The fraction of sp³-hybridized carbons (Fsp3) is 0.143. The fourth-order valence-electron chi connectivity index (χ4n) is 1.06. The van der Waals surface area contributed by atoms with E-state index in [0.29, 0.717) is 0 Å². The van der Waals surface area contributed by atoms with Gasteiger partial charge in [0, 0.05) is 8.55 Å². The van der Waals surface area contributed by atoms with Crippen molar-refractivity contribution >= 4 is 32.1 Å². The van der Waals surface area contributed by atoms with Gasteiger partial charge in [0.05, 0.1) is 7.11 Å². The third kappa shape index (κ3) is 2.31. The molecule has 0 radical (unpaired) electrons. The van der Waals surface area contributed by atoms with Crippen LogP contribution in [0.15, 0.2) is 24.3 Å². The first kappa shape index (κ1) is 9.72. The summed E-state index contributed by atoms with van der Waals surface area (Å²) in [5, 5.41) is 1.18. The summed E-state index contributed by atoms with van der Waals surface area (Å²) in [4.78, 5) is 9.69. The van der Waals surface area contributed by atoms with Crippen molar-refractivity contribution in [3.63, 3.8) is 0 Å². The van der Waals surface area contributed by atoms with E-state index in [1.807, 2.05) is 24.3 Å². The van der Waals surface area contributed by atoms with E-state index in [-0.39, 0.29) is 8.55 Å². The maximum Gasteiger partial charge on any atom is 0.180 e. The minimum absolute atomic E-state index is 0.0860. The summed E-state index contributed by atoms with van der Waals surface area (Å²) >= 11 is 0. The number of ether oxygens (including phenoxy) is 1. The molecule has 2 nitrogen and oxygen atoms in total. The van der Waals surface area contributed by atoms with E-state index >= 15 is 0 Å². The highest BCUT2D eigenvalue weighted by Gasteiger charge is 2.06. The molecule has 1 N–H and O–H groups in total. The Kier molecular flexibility index (Phi) is 3.73. The summed E-state index contributed by atoms with van der Waals surface area (Å²) in [6.07, 6.45) is 0. The van der Waals surface area contributed by atoms with E-state index in [9.17, 15) is 4.80 Å². The molecule has 0 fully saturated rings. The minimum Gasteiger partial charge on any atom is -0.497 e. The largest absolute Gasteiger partial charge is 0.497 e. The van der Waals surface area contributed by atoms with Crippen LogP contribution in [0.2, 0.25) is 0 Å². The van der Waals surface area contributed by atoms with Crippen LogP contribution >= 0.6 is 0 Å². The average Bonchev–Trinajstić information content (AvgIpc) is 2.17. The number of methoxy groups -OCH3 is 1. The molecule has 1 atom stereocenters. The Labute approximate surface area is 79.1 Å². The quantitative estimate of drug-likeness (QED) is 0.567. The maximum absolute atomic E-state index is 9.69. The van der Waals surface area contributed by atoms with Crippen molar-refractivity contribution in [3.05, 3.63) is 24.3 Å². The molecule has 12 heavy (non-hydrogen) atoms. The van der Waals surface area contributed by atoms with Gasteiger partial charge in [-0.05, 0) is 27.1 Å². The van der Waals surface area contributed by atoms with Gasteiger partial charge < -0.3 is 9.53 Å². The van der Waals surface area contributed by atoms with Crippen LogP contribution < -0.4 is 9.92 Å². The highest BCUT2D eigenvalue weighted by Crippen LogP contribution is 2.05. The van der Waals surface area contributed by atoms with E-state index in [1.54, 1.807) is 7.11 Å². The summed E-state index contributed by atoms with van der Waals surface area (Å²) < 4.78 is 5.04. The zero-order valence-corrected chi connectivity index (χ0v) is 12.0. The van der Waals surface area contributed by atoms with Gasteiger partial charge in [-0.3, -0.25) is 0 Å². The second kappa shape index (κ2) is 4.61. The number of hydrogen-bond acceptors (Lipinski definition) is 2. The molecular weight excluding hydrogens is 200 g/mol. The van der Waals surface area contributed by atoms with Crippen molar-refractivity contribution in [2.45, 2.75) is 0 Å². The monoisotopic (exact) mass is 214 g/mol. The van der Waals surface area contributed by atoms with Gasteiger partial charge in [0.15, 0.2) is 8.56 Å². The summed E-state index contributed by atoms with van der Waals surface area (Å²) in [5.74, 6) is 0.870. The minimum atomic E-state index is -1.43. The molecule has 0 aromatic heterocycles. The van der Waals surface area contributed by atoms with Gasteiger partial charge in [0.25, 0.3) is 0 Å². The van der Waals surface area contributed by atoms with Gasteiger partial charge >= 0.3 is 0 Å². The fourth-order valence-corrected chi connectivity index (χ4v) is 8.64. The van der Waals surface area contributed by atoms with Crippen LogP contribution in [0.3, 0.4) is 0 Å². The van der Waals surface area contributed by atoms with Crippen LogP contribution in [0.1, 0.15) is 0 Å². The standard InChI is InChI=1S/C7H14O2Si3/c1-9-6-2-4-7(5-3-6)12(8)11-10/h2-5,8,12H,11H2,1,10H3. The first-order valence-electron chi connectivity index (χ1n) is 4.10. The number of rotatable bonds is 3. The molecule has 1 aromatic rings. The second-order valence-corrected chi connectivity index (χ2v) is 17.3. The Hall–Kier alpha value is -0.369. The number of benzene rings is 1. The Morgan fingerprint density at radius 3 is 2.42 bits per heavy atom. The lowest BCUT2D eigenvalue weighted by Gasteiger charge is -2.06. The van der Waals surface area contributed by atoms with E-state index < -0.39 is 8.56 Å². The molecular formula is C7H14O2Si3. The Morgan fingerprint density at radius 1 is 1.42 bits per heavy atom. The second-order valence-electron chi connectivity index (χ2n) is 2.70. The van der Waals surface area contributed by atoms with Crippen molar-refractivity contribution < 1.29 is 9.53 Å². The molecule has 1 unspecified atom stereocenters. The zero-order valence-electron chi connectivity index (χ0n) is 7.45. The maximum atomic E-state index is 9.69. The van der Waals surface area contributed by atoms with Gasteiger partial charge in [-0.2, -0.15) is 0 Å². The van der Waals surface area contributed by atoms with E-state index in [1.165, 1.54) is 14.9 Å². The number of hydrogen-bond donors (Lipinski definition) is 1. The molecule has 0 heterocycles. The molecule has 1 rings (SSSR count). The van der Waals surface area contributed by atoms with Crippen LogP contribution in [-0.4, -0.2) is 38.8 Å². The van der Waals surface area contributed by atoms with Crippen LogP contribution in [0.25, 0.3) is 0 Å². The SMILES string of the molecule is COc1ccc([SiH](O)[SiH2][SiH3])cc1. The Bertz CT molecular complexity index is 237. The summed E-state index contributed by atoms with van der Waals surface area (Å²) in [7, 11) is 1.37. The lowest BCUT2D eigenvalue weighted by Crippen LogP contribution is -2.36. The average molecular weight is 214 g/mol. The van der Waals surface area contributed by atoms with Crippen molar-refractivity contribution in [2.75, 3.05) is 7.11 Å². The van der Waals surface area contributed by atoms with E-state index in [0.717, 1.165) is 5.75 Å². The summed E-state index contributed by atoms with van der Waals surface area (Å²) in [6, 6.07) is 7.86. The topological polar surface area (TPSA) is 29.5 Å². The van der Waals surface area contributed by atoms with Crippen molar-refractivity contribution in [2.24, 2.45) is 0 Å². The van der Waals surface area contributed by atoms with Crippen LogP contribution in [-0.2, 0) is 0 Å². The van der Waals surface area contributed by atoms with Gasteiger partial charge in [-0.15, -0.1) is 0 Å². The normalized spacial score (nSPS) is 13.8. The predicted molar refractivity (Wildman–Crippen MR) is 60.5 cm³/mol. The molecule has 0 aliphatic heterocycles. The lowest BCUT2D eigenvalue weighted by atomic mass is 10.3. The summed E-state index contributed by atoms with van der Waals surface area (Å²) in [6.45, 7) is 0. The molecule has 0 saturated heterocycles. The van der Waals surface area contributed by atoms with E-state index in [2.05, 4.69) is 0 Å². The molecule has 0 bridgehead atoms. The van der Waals surface area contributed by atoms with Gasteiger partial charge in [0.1, 0.15) is 5.75 Å². The van der Waals surface area contributed by atoms with Gasteiger partial charge in [0.2, 0.25) is 0 Å². The zero-order chi connectivity index (χ0) is 8.97. The Morgan fingerprint density at radius 2 is 2.00 bits per heavy atom. The van der Waals surface area contributed by atoms with Crippen molar-refractivity contribution in [3.8, 4) is 5.75 Å². The predicted octanol–water partition coefficient (Wildman–Crippen LogP) is -2.44. The van der Waals surface area contributed by atoms with Crippen LogP contribution in [0.5, 0.6) is 5.75 Å². The molecule has 0 saturated carbocycles. The molecule has 5 heteroatoms. The molecule has 0 spiro atoms. The first-order valence-corrected chi connectivity index (χ1v) is 14.1. The van der Waals surface area contributed by atoms with E-state index in [4.69, 9.17) is 4.74 Å². The van der Waals surface area contributed by atoms with Gasteiger partial charge in [-0.1, -0.05) is 12.1 Å². The highest BCUT2D eigenvalue weighted by atomic mass is 29.5. The Balaban J connectivity index is 2.77. The van der Waals surface area contributed by atoms with Gasteiger partial charge in [-0.25, -0.2) is 0 Å². The third-order valence-electron chi connectivity index (χ3n) is 1.89. The van der Waals surface area contributed by atoms with Crippen molar-refractivity contribution in [1.29, 1.82) is 0 Å². The summed E-state index contributed by atoms with van der Waals surface area (Å²) in [5.41, 5.74) is 0. The van der Waals surface area contributed by atoms with Crippen LogP contribution in [0.4, 0.5) is 0 Å². The van der Waals surface area contributed by atoms with Crippen molar-refractivity contribution in [1.82, 2.24) is 0 Å². The first-order chi connectivity index (χ1) is 5.77. The van der Waals surface area contributed by atoms with Crippen LogP contribution in [0, 0.1) is 0 Å². The highest BCUT2D eigenvalue weighted by molar-refractivity contribution is 7.32. The molecule has 0 aliphatic rings. The molecule has 66 valence electrons. The lowest BCUT2D eigenvalue weighted by molar-refractivity contribution is 0.415. The smallest absolute Gasteiger partial charge is 0.180 e. The molecule has 1 aromatic carbocycles. The molecule has 0 amide bonds. The molecule has 0 aliphatic carbocycles. The third-order valence-corrected chi connectivity index (χ3v) is 14.5.